The summed E-state index contributed by atoms with van der Waals surface area (Å²) in [6.07, 6.45) is 0. The van der Waals surface area contributed by atoms with Crippen LogP contribution in [0.5, 0.6) is 0 Å². The van der Waals surface area contributed by atoms with Gasteiger partial charge in [-0.1, -0.05) is 33.1 Å². The van der Waals surface area contributed by atoms with Gasteiger partial charge in [0.05, 0.1) is 27.2 Å². The van der Waals surface area contributed by atoms with E-state index in [1.54, 1.807) is 30.3 Å². The largest absolute Gasteiger partial charge is 0.288 e. The highest BCUT2D eigenvalue weighted by atomic mass is 16.2. The first-order valence-corrected chi connectivity index (χ1v) is 6.55. The number of nitrogens with zero attached hydrogens (tertiary/aromatic N) is 1. The smallest absolute Gasteiger partial charge is 0.266 e. The summed E-state index contributed by atoms with van der Waals surface area (Å²) < 4.78 is 1.04. The molecule has 0 amide bonds. The number of nitrogens with one attached hydrogen (secondary N) is 1. The van der Waals surface area contributed by atoms with Gasteiger partial charge in [-0.05, 0) is 24.3 Å². The monoisotopic (exact) mass is 324 g/mol. The van der Waals surface area contributed by atoms with Gasteiger partial charge in [0, 0.05) is 0 Å². The van der Waals surface area contributed by atoms with Gasteiger partial charge < -0.3 is 0 Å². The Morgan fingerprint density at radius 2 is 1.12 bits per heavy atom. The van der Waals surface area contributed by atoms with Gasteiger partial charge in [-0.15, -0.1) is 0 Å². The summed E-state index contributed by atoms with van der Waals surface area (Å²) in [5.74, 6) is 0. The van der Waals surface area contributed by atoms with Crippen LogP contribution in [0.4, 0.5) is 0 Å². The number of aromatic amines is 1. The van der Waals surface area contributed by atoms with E-state index in [0.717, 1.165) is 4.57 Å². The third-order valence-corrected chi connectivity index (χ3v) is 3.76. The van der Waals surface area contributed by atoms with E-state index in [4.69, 9.17) is 0 Å². The summed E-state index contributed by atoms with van der Waals surface area (Å²) in [6, 6.07) is 11.1. The van der Waals surface area contributed by atoms with E-state index in [1.165, 1.54) is 12.1 Å². The van der Waals surface area contributed by atoms with E-state index >= 15 is 0 Å². The van der Waals surface area contributed by atoms with Gasteiger partial charge in [0.15, 0.2) is 0 Å². The maximum atomic E-state index is 12.5. The van der Waals surface area contributed by atoms with Crippen LogP contribution in [0, 0.1) is 0 Å². The highest BCUT2D eigenvalue weighted by molar-refractivity contribution is 5.97. The molecule has 4 rings (SSSR count). The van der Waals surface area contributed by atoms with Crippen LogP contribution in [0.1, 0.15) is 14.9 Å². The lowest BCUT2D eigenvalue weighted by Gasteiger charge is -1.97. The molecule has 0 saturated carbocycles. The summed E-state index contributed by atoms with van der Waals surface area (Å²) in [4.78, 5) is 50.5. The fourth-order valence-corrected chi connectivity index (χ4v) is 2.71. The SMILES string of the molecule is C.C.O=c1[nH]c(=O)c2cc3c(=O)n(-c4ccccc4)c(=O)c3cc12. The molecule has 6 nitrogen and oxygen atoms in total. The van der Waals surface area contributed by atoms with Crippen LogP contribution in [0.15, 0.2) is 61.6 Å². The van der Waals surface area contributed by atoms with Crippen molar-refractivity contribution in [1.29, 1.82) is 0 Å². The predicted octanol–water partition coefficient (Wildman–Crippen LogP) is 1.70. The molecule has 0 saturated heterocycles. The van der Waals surface area contributed by atoms with E-state index in [2.05, 4.69) is 4.98 Å². The van der Waals surface area contributed by atoms with E-state index in [-0.39, 0.29) is 36.4 Å². The average molecular weight is 324 g/mol. The van der Waals surface area contributed by atoms with Crippen molar-refractivity contribution in [3.63, 3.8) is 0 Å². The number of hydrogen-bond acceptors (Lipinski definition) is 4. The molecular weight excluding hydrogens is 308 g/mol. The summed E-state index contributed by atoms with van der Waals surface area (Å²) in [6.45, 7) is 0. The Balaban J connectivity index is 0.00000104. The van der Waals surface area contributed by atoms with E-state index in [9.17, 15) is 19.2 Å². The Morgan fingerprint density at radius 3 is 1.58 bits per heavy atom. The van der Waals surface area contributed by atoms with Crippen LogP contribution in [-0.4, -0.2) is 9.55 Å². The second-order valence-corrected chi connectivity index (χ2v) is 5.01. The van der Waals surface area contributed by atoms with Crippen molar-refractivity contribution in [2.75, 3.05) is 0 Å². The molecule has 0 fully saturated rings. The third-order valence-electron chi connectivity index (χ3n) is 3.76. The summed E-state index contributed by atoms with van der Waals surface area (Å²) in [5.41, 5.74) is -1.66. The third kappa shape index (κ3) is 2.11. The number of fused-ring (bicyclic) bond motifs is 2. The van der Waals surface area contributed by atoms with E-state index < -0.39 is 22.2 Å². The Hall–Kier alpha value is -3.28. The Bertz CT molecular complexity index is 1160. The molecule has 2 heterocycles. The van der Waals surface area contributed by atoms with Gasteiger partial charge in [-0.3, -0.25) is 24.2 Å². The van der Waals surface area contributed by atoms with E-state index in [0.29, 0.717) is 5.69 Å². The zero-order valence-electron chi connectivity index (χ0n) is 11.1. The number of para-hydroxylation sites is 1. The highest BCUT2D eigenvalue weighted by Gasteiger charge is 2.17. The summed E-state index contributed by atoms with van der Waals surface area (Å²) in [7, 11) is 0. The number of hydrogen-bond donors (Lipinski definition) is 1. The van der Waals surface area contributed by atoms with Crippen LogP contribution < -0.4 is 22.2 Å². The van der Waals surface area contributed by atoms with Gasteiger partial charge in [0.2, 0.25) is 0 Å². The molecule has 0 atom stereocenters. The Kier molecular flexibility index (Phi) is 4.08. The van der Waals surface area contributed by atoms with Crippen molar-refractivity contribution in [2.24, 2.45) is 0 Å². The lowest BCUT2D eigenvalue weighted by molar-refractivity contribution is 0.991. The Labute approximate surface area is 136 Å². The van der Waals surface area contributed by atoms with Gasteiger partial charge in [-0.2, -0.15) is 0 Å². The van der Waals surface area contributed by atoms with Gasteiger partial charge in [0.25, 0.3) is 22.2 Å². The van der Waals surface area contributed by atoms with Crippen molar-refractivity contribution in [1.82, 2.24) is 9.55 Å². The maximum absolute atomic E-state index is 12.5. The second kappa shape index (κ2) is 5.73. The minimum atomic E-state index is -0.554. The average Bonchev–Trinajstić information content (AvgIpc) is 2.94. The fourth-order valence-electron chi connectivity index (χ4n) is 2.71. The molecule has 0 unspecified atom stereocenters. The Morgan fingerprint density at radius 1 is 0.667 bits per heavy atom. The molecule has 0 bridgehead atoms. The van der Waals surface area contributed by atoms with Crippen molar-refractivity contribution < 1.29 is 0 Å². The van der Waals surface area contributed by atoms with Crippen molar-refractivity contribution >= 4 is 21.5 Å². The van der Waals surface area contributed by atoms with Crippen molar-refractivity contribution in [2.45, 2.75) is 14.9 Å². The number of H-pyrrole nitrogens is 1. The topological polar surface area (TPSA) is 89.0 Å². The van der Waals surface area contributed by atoms with E-state index in [1.807, 2.05) is 0 Å². The molecule has 0 aliphatic carbocycles. The molecular formula is C18H16N2O4. The predicted molar refractivity (Wildman–Crippen MR) is 96.0 cm³/mol. The molecule has 0 spiro atoms. The van der Waals surface area contributed by atoms with Gasteiger partial charge in [0.1, 0.15) is 0 Å². The first kappa shape index (κ1) is 17.1. The van der Waals surface area contributed by atoms with Gasteiger partial charge >= 0.3 is 0 Å². The van der Waals surface area contributed by atoms with Crippen molar-refractivity contribution in [3.8, 4) is 5.69 Å². The van der Waals surface area contributed by atoms with Crippen molar-refractivity contribution in [3.05, 3.63) is 83.9 Å². The normalized spacial score (nSPS) is 10.5. The lowest BCUT2D eigenvalue weighted by Crippen LogP contribution is -2.23. The van der Waals surface area contributed by atoms with Crippen LogP contribution in [-0.2, 0) is 0 Å². The molecule has 0 radical (unpaired) electrons. The number of rotatable bonds is 1. The minimum absolute atomic E-state index is 0. The van der Waals surface area contributed by atoms with Gasteiger partial charge in [-0.25, -0.2) is 4.57 Å². The highest BCUT2D eigenvalue weighted by Crippen LogP contribution is 2.15. The molecule has 1 N–H and O–H groups in total. The molecule has 122 valence electrons. The quantitative estimate of drug-likeness (QED) is 0.577. The summed E-state index contributed by atoms with van der Waals surface area (Å²) >= 11 is 0. The fraction of sp³-hybridized carbons (Fsp3) is 0.111. The zero-order chi connectivity index (χ0) is 15.4. The summed E-state index contributed by atoms with van der Waals surface area (Å²) in [5, 5.41) is 0.523. The maximum Gasteiger partial charge on any atom is 0.266 e. The van der Waals surface area contributed by atoms with Crippen LogP contribution in [0.25, 0.3) is 27.2 Å². The lowest BCUT2D eigenvalue weighted by atomic mass is 10.1. The first-order chi connectivity index (χ1) is 10.6. The number of benzene rings is 2. The molecule has 2 aromatic heterocycles. The minimum Gasteiger partial charge on any atom is -0.288 e. The molecule has 4 aromatic rings. The standard InChI is InChI=1S/C16H8N2O4.2CH4/c19-13-9-6-11-12(7-10(9)14(20)17-13)16(22)18(15(11)21)8-4-2-1-3-5-8;;/h1-7H,(H,17,19,20);2*1H4. The molecule has 0 aliphatic heterocycles. The molecule has 6 heteroatoms. The molecule has 2 aromatic carbocycles. The van der Waals surface area contributed by atoms with Crippen LogP contribution >= 0.6 is 0 Å². The van der Waals surface area contributed by atoms with Crippen LogP contribution in [0.2, 0.25) is 0 Å². The first-order valence-electron chi connectivity index (χ1n) is 6.55. The molecule has 0 aliphatic rings. The number of aromatic nitrogens is 2. The molecule has 24 heavy (non-hydrogen) atoms. The van der Waals surface area contributed by atoms with Crippen LogP contribution in [0.3, 0.4) is 0 Å². The zero-order valence-corrected chi connectivity index (χ0v) is 11.1. The second-order valence-electron chi connectivity index (χ2n) is 5.01.